The van der Waals surface area contributed by atoms with Crippen molar-refractivity contribution in [3.63, 3.8) is 0 Å². The van der Waals surface area contributed by atoms with E-state index in [1.807, 2.05) is 12.1 Å². The van der Waals surface area contributed by atoms with Crippen LogP contribution in [0.4, 0.5) is 10.8 Å². The monoisotopic (exact) mass is 487 g/mol. The Morgan fingerprint density at radius 3 is 2.87 bits per heavy atom. The topological polar surface area (TPSA) is 97.4 Å². The van der Waals surface area contributed by atoms with Crippen LogP contribution in [0.15, 0.2) is 39.9 Å². The lowest BCUT2D eigenvalue weighted by atomic mass is 10.1. The number of benzene rings is 1. The molecule has 4 heterocycles. The van der Waals surface area contributed by atoms with Crippen molar-refractivity contribution in [2.24, 2.45) is 0 Å². The second-order valence-corrected chi connectivity index (χ2v) is 9.03. The zero-order valence-electron chi connectivity index (χ0n) is 15.9. The molecular weight excluding hydrogens is 470 g/mol. The van der Waals surface area contributed by atoms with Gasteiger partial charge in [-0.05, 0) is 37.5 Å². The number of anilines is 2. The van der Waals surface area contributed by atoms with Crippen LogP contribution in [0.25, 0.3) is 16.0 Å². The minimum Gasteiger partial charge on any atom is -0.348 e. The fourth-order valence-electron chi connectivity index (χ4n) is 3.55. The van der Waals surface area contributed by atoms with E-state index >= 15 is 0 Å². The van der Waals surface area contributed by atoms with Gasteiger partial charge in [-0.3, -0.25) is 4.79 Å². The summed E-state index contributed by atoms with van der Waals surface area (Å²) in [5.41, 5.74) is 1.28. The average molecular weight is 488 g/mol. The molecule has 0 radical (unpaired) electrons. The van der Waals surface area contributed by atoms with Crippen LogP contribution in [0, 0.1) is 0 Å². The molecule has 1 N–H and O–H groups in total. The van der Waals surface area contributed by atoms with Crippen molar-refractivity contribution >= 4 is 60.0 Å². The van der Waals surface area contributed by atoms with Crippen molar-refractivity contribution in [2.75, 3.05) is 23.3 Å². The number of hydrogen-bond donors (Lipinski definition) is 1. The molecule has 1 aliphatic heterocycles. The van der Waals surface area contributed by atoms with Crippen LogP contribution in [0.5, 0.6) is 0 Å². The summed E-state index contributed by atoms with van der Waals surface area (Å²) in [7, 11) is 0. The number of hydrogen-bond acceptors (Lipinski definition) is 7. The Bertz CT molecular complexity index is 1310. The van der Waals surface area contributed by atoms with Crippen LogP contribution in [-0.2, 0) is 11.3 Å². The number of piperidine rings is 1. The molecule has 1 amide bonds. The van der Waals surface area contributed by atoms with Crippen molar-refractivity contribution in [3.05, 3.63) is 45.5 Å². The Hall–Kier alpha value is -2.79. The van der Waals surface area contributed by atoms with Crippen molar-refractivity contribution in [1.82, 2.24) is 24.1 Å². The molecule has 11 heteroatoms. The highest BCUT2D eigenvalue weighted by atomic mass is 79.9. The average Bonchev–Trinajstić information content (AvgIpc) is 3.30. The number of fused-ring (bicyclic) bond motifs is 3. The van der Waals surface area contributed by atoms with Crippen LogP contribution < -0.4 is 15.9 Å². The second-order valence-electron chi connectivity index (χ2n) is 7.13. The predicted molar refractivity (Wildman–Crippen MR) is 119 cm³/mol. The molecule has 1 saturated heterocycles. The molecule has 9 nitrogen and oxygen atoms in total. The fraction of sp³-hybridized carbons (Fsp3) is 0.316. The van der Waals surface area contributed by atoms with Gasteiger partial charge in [-0.25, -0.2) is 18.9 Å². The van der Waals surface area contributed by atoms with E-state index in [0.29, 0.717) is 17.0 Å². The van der Waals surface area contributed by atoms with E-state index in [0.717, 1.165) is 44.9 Å². The maximum atomic E-state index is 12.7. The van der Waals surface area contributed by atoms with Gasteiger partial charge in [0.1, 0.15) is 17.6 Å². The Balaban J connectivity index is 1.45. The van der Waals surface area contributed by atoms with E-state index in [1.54, 1.807) is 12.1 Å². The zero-order valence-corrected chi connectivity index (χ0v) is 18.3. The molecule has 0 spiro atoms. The minimum atomic E-state index is -0.406. The summed E-state index contributed by atoms with van der Waals surface area (Å²) in [5, 5.41) is 8.09. The van der Waals surface area contributed by atoms with Gasteiger partial charge >= 0.3 is 5.69 Å². The summed E-state index contributed by atoms with van der Waals surface area (Å²) >= 11 is 4.86. The molecule has 1 aliphatic rings. The normalized spacial score (nSPS) is 14.5. The van der Waals surface area contributed by atoms with Crippen molar-refractivity contribution in [3.8, 4) is 0 Å². The summed E-state index contributed by atoms with van der Waals surface area (Å²) in [5.74, 6) is -0.332. The van der Waals surface area contributed by atoms with Crippen molar-refractivity contribution < 1.29 is 4.79 Å². The Morgan fingerprint density at radius 2 is 2.07 bits per heavy atom. The van der Waals surface area contributed by atoms with Gasteiger partial charge in [0.2, 0.25) is 5.91 Å². The first-order valence-corrected chi connectivity index (χ1v) is 11.2. The van der Waals surface area contributed by atoms with E-state index in [2.05, 4.69) is 41.2 Å². The fourth-order valence-corrected chi connectivity index (χ4v) is 5.00. The van der Waals surface area contributed by atoms with Gasteiger partial charge in [-0.2, -0.15) is 4.98 Å². The number of carbonyl (C=O) groups excluding carboxylic acids is 1. The number of halogens is 1. The van der Waals surface area contributed by atoms with Crippen LogP contribution >= 0.6 is 27.3 Å². The molecule has 1 fully saturated rings. The third-order valence-electron chi connectivity index (χ3n) is 5.00. The van der Waals surface area contributed by atoms with Crippen LogP contribution in [-0.4, -0.2) is 43.1 Å². The SMILES string of the molecule is O=C(Cn1nc2c3sc(N4CCCCC4)nc3ncn2c1=O)Nc1cccc(Br)c1. The molecule has 0 unspecified atom stereocenters. The number of thiazole rings is 1. The lowest BCUT2D eigenvalue weighted by Crippen LogP contribution is -2.29. The van der Waals surface area contributed by atoms with Gasteiger partial charge in [0.05, 0.1) is 0 Å². The Labute approximate surface area is 183 Å². The number of rotatable bonds is 4. The zero-order chi connectivity index (χ0) is 20.7. The van der Waals surface area contributed by atoms with Crippen molar-refractivity contribution in [1.29, 1.82) is 0 Å². The summed E-state index contributed by atoms with van der Waals surface area (Å²) in [6.07, 6.45) is 4.97. The summed E-state index contributed by atoms with van der Waals surface area (Å²) in [6.45, 7) is 1.77. The summed E-state index contributed by atoms with van der Waals surface area (Å²) in [6, 6.07) is 7.26. The van der Waals surface area contributed by atoms with Crippen molar-refractivity contribution in [2.45, 2.75) is 25.8 Å². The number of nitrogens with one attached hydrogen (secondary N) is 1. The molecular formula is C19H18BrN7O2S. The maximum absolute atomic E-state index is 12.7. The highest BCUT2D eigenvalue weighted by molar-refractivity contribution is 9.10. The van der Waals surface area contributed by atoms with Gasteiger partial charge in [-0.15, -0.1) is 5.10 Å². The Kier molecular flexibility index (Phi) is 4.99. The predicted octanol–water partition coefficient (Wildman–Crippen LogP) is 2.89. The first-order valence-electron chi connectivity index (χ1n) is 9.63. The van der Waals surface area contributed by atoms with Gasteiger partial charge in [-0.1, -0.05) is 33.3 Å². The molecule has 5 rings (SSSR count). The third kappa shape index (κ3) is 3.58. The van der Waals surface area contributed by atoms with E-state index in [9.17, 15) is 9.59 Å². The van der Waals surface area contributed by atoms with E-state index in [1.165, 1.54) is 28.5 Å². The largest absolute Gasteiger partial charge is 0.352 e. The first-order chi connectivity index (χ1) is 14.6. The first kappa shape index (κ1) is 19.2. The summed E-state index contributed by atoms with van der Waals surface area (Å²) < 4.78 is 4.13. The highest BCUT2D eigenvalue weighted by Crippen LogP contribution is 2.31. The number of amides is 1. The number of nitrogens with zero attached hydrogens (tertiary/aromatic N) is 6. The molecule has 0 bridgehead atoms. The molecule has 3 aromatic heterocycles. The van der Waals surface area contributed by atoms with E-state index in [4.69, 9.17) is 0 Å². The van der Waals surface area contributed by atoms with Gasteiger partial charge in [0, 0.05) is 23.2 Å². The van der Waals surface area contributed by atoms with E-state index < -0.39 is 5.69 Å². The van der Waals surface area contributed by atoms with Crippen LogP contribution in [0.1, 0.15) is 19.3 Å². The number of carbonyl (C=O) groups is 1. The van der Waals surface area contributed by atoms with Crippen LogP contribution in [0.3, 0.4) is 0 Å². The molecule has 30 heavy (non-hydrogen) atoms. The highest BCUT2D eigenvalue weighted by Gasteiger charge is 2.20. The molecule has 0 saturated carbocycles. The smallest absolute Gasteiger partial charge is 0.348 e. The lowest BCUT2D eigenvalue weighted by molar-refractivity contribution is -0.117. The second kappa shape index (κ2) is 7.80. The van der Waals surface area contributed by atoms with E-state index in [-0.39, 0.29) is 12.5 Å². The summed E-state index contributed by atoms with van der Waals surface area (Å²) in [4.78, 5) is 36.4. The standard InChI is InChI=1S/C19H18BrN7O2S/c20-12-5-4-6-13(9-12)22-14(28)10-27-19(29)26-11-21-16-15(17(26)24-27)30-18(23-16)25-7-2-1-3-8-25/h4-6,9,11H,1-3,7-8,10H2,(H,22,28). The number of aromatic nitrogens is 5. The molecule has 4 aromatic rings. The Morgan fingerprint density at radius 1 is 1.23 bits per heavy atom. The lowest BCUT2D eigenvalue weighted by Gasteiger charge is -2.25. The molecule has 0 atom stereocenters. The van der Waals surface area contributed by atoms with Gasteiger partial charge < -0.3 is 10.2 Å². The molecule has 154 valence electrons. The van der Waals surface area contributed by atoms with Gasteiger partial charge in [0.15, 0.2) is 16.4 Å². The third-order valence-corrected chi connectivity index (χ3v) is 6.59. The van der Waals surface area contributed by atoms with Gasteiger partial charge in [0.25, 0.3) is 0 Å². The minimum absolute atomic E-state index is 0.188. The molecule has 0 aliphatic carbocycles. The molecule has 1 aromatic carbocycles. The maximum Gasteiger partial charge on any atom is 0.352 e. The quantitative estimate of drug-likeness (QED) is 0.475. The van der Waals surface area contributed by atoms with Crippen LogP contribution in [0.2, 0.25) is 0 Å².